The maximum Gasteiger partial charge on any atom is 0.268 e. The van der Waals surface area contributed by atoms with Crippen LogP contribution in [0.3, 0.4) is 0 Å². The highest BCUT2D eigenvalue weighted by Gasteiger charge is 2.55. The molecule has 2 aliphatic rings. The second-order valence-electron chi connectivity index (χ2n) is 7.11. The van der Waals surface area contributed by atoms with Crippen LogP contribution in [0.2, 0.25) is 0 Å². The number of benzene rings is 1. The number of nitrogens with zero attached hydrogens (tertiary/aromatic N) is 2. The van der Waals surface area contributed by atoms with Gasteiger partial charge in [-0.15, -0.1) is 0 Å². The van der Waals surface area contributed by atoms with Crippen molar-refractivity contribution < 1.29 is 19.6 Å². The number of hydroxylamine groups is 1. The van der Waals surface area contributed by atoms with Crippen molar-refractivity contribution in [2.75, 3.05) is 13.1 Å². The molecule has 7 heteroatoms. The van der Waals surface area contributed by atoms with E-state index in [4.69, 9.17) is 5.21 Å². The van der Waals surface area contributed by atoms with Crippen LogP contribution < -0.4 is 5.48 Å². The maximum absolute atomic E-state index is 13.1. The van der Waals surface area contributed by atoms with E-state index in [1.54, 1.807) is 10.4 Å². The lowest BCUT2D eigenvalue weighted by molar-refractivity contribution is -0.161. The SMILES string of the molecule is CC(=O)N1CC(N2CCC(C)(c3ccc(C)cc3)C2=O)C1C(=O)NO. The molecular formula is C18H23N3O4. The number of hydrogen-bond acceptors (Lipinski definition) is 4. The Balaban J connectivity index is 1.83. The first kappa shape index (κ1) is 17.4. The van der Waals surface area contributed by atoms with Gasteiger partial charge in [-0.05, 0) is 25.8 Å². The molecule has 3 rings (SSSR count). The molecule has 2 saturated heterocycles. The zero-order valence-electron chi connectivity index (χ0n) is 14.7. The van der Waals surface area contributed by atoms with Gasteiger partial charge in [0.1, 0.15) is 6.04 Å². The lowest BCUT2D eigenvalue weighted by atomic mass is 9.80. The normalized spacial score (nSPS) is 28.7. The molecule has 134 valence electrons. The first-order valence-corrected chi connectivity index (χ1v) is 8.39. The molecule has 2 heterocycles. The van der Waals surface area contributed by atoms with Crippen LogP contribution in [-0.4, -0.2) is 57.9 Å². The molecule has 1 aromatic rings. The Labute approximate surface area is 146 Å². The maximum atomic E-state index is 13.1. The highest BCUT2D eigenvalue weighted by molar-refractivity contribution is 5.93. The number of likely N-dealkylation sites (tertiary alicyclic amines) is 2. The molecule has 0 aliphatic carbocycles. The van der Waals surface area contributed by atoms with Crippen molar-refractivity contribution in [2.24, 2.45) is 0 Å². The first-order chi connectivity index (χ1) is 11.8. The van der Waals surface area contributed by atoms with Crippen LogP contribution in [0, 0.1) is 6.92 Å². The number of carbonyl (C=O) groups is 3. The molecule has 1 aromatic carbocycles. The predicted molar refractivity (Wildman–Crippen MR) is 89.8 cm³/mol. The van der Waals surface area contributed by atoms with Gasteiger partial charge < -0.3 is 9.80 Å². The van der Waals surface area contributed by atoms with E-state index in [0.717, 1.165) is 11.1 Å². The van der Waals surface area contributed by atoms with Crippen LogP contribution in [0.15, 0.2) is 24.3 Å². The van der Waals surface area contributed by atoms with Crippen LogP contribution in [0.1, 0.15) is 31.4 Å². The van der Waals surface area contributed by atoms with Gasteiger partial charge in [-0.1, -0.05) is 29.8 Å². The largest absolute Gasteiger partial charge is 0.334 e. The number of amides is 3. The summed E-state index contributed by atoms with van der Waals surface area (Å²) in [4.78, 5) is 39.8. The van der Waals surface area contributed by atoms with Crippen molar-refractivity contribution >= 4 is 17.7 Å². The van der Waals surface area contributed by atoms with Crippen molar-refractivity contribution in [3.63, 3.8) is 0 Å². The van der Waals surface area contributed by atoms with Crippen LogP contribution in [0.4, 0.5) is 0 Å². The summed E-state index contributed by atoms with van der Waals surface area (Å²) >= 11 is 0. The molecular weight excluding hydrogens is 322 g/mol. The monoisotopic (exact) mass is 345 g/mol. The van der Waals surface area contributed by atoms with E-state index in [1.165, 1.54) is 11.8 Å². The van der Waals surface area contributed by atoms with Crippen molar-refractivity contribution in [2.45, 2.75) is 44.7 Å². The van der Waals surface area contributed by atoms with Gasteiger partial charge in [-0.2, -0.15) is 0 Å². The van der Waals surface area contributed by atoms with Gasteiger partial charge in [0.05, 0.1) is 11.5 Å². The molecule has 0 radical (unpaired) electrons. The van der Waals surface area contributed by atoms with Gasteiger partial charge in [-0.3, -0.25) is 19.6 Å². The Bertz CT molecular complexity index is 718. The molecule has 3 unspecified atom stereocenters. The summed E-state index contributed by atoms with van der Waals surface area (Å²) in [5, 5.41) is 8.96. The molecule has 0 aromatic heterocycles. The molecule has 25 heavy (non-hydrogen) atoms. The lowest BCUT2D eigenvalue weighted by Gasteiger charge is -2.50. The van der Waals surface area contributed by atoms with E-state index >= 15 is 0 Å². The van der Waals surface area contributed by atoms with E-state index in [2.05, 4.69) is 0 Å². The summed E-state index contributed by atoms with van der Waals surface area (Å²) in [6, 6.07) is 6.66. The lowest BCUT2D eigenvalue weighted by Crippen LogP contribution is -2.72. The molecule has 7 nitrogen and oxygen atoms in total. The average molecular weight is 345 g/mol. The van der Waals surface area contributed by atoms with Crippen molar-refractivity contribution in [1.82, 2.24) is 15.3 Å². The summed E-state index contributed by atoms with van der Waals surface area (Å²) < 4.78 is 0. The smallest absolute Gasteiger partial charge is 0.268 e. The highest BCUT2D eigenvalue weighted by atomic mass is 16.5. The number of carbonyl (C=O) groups excluding carboxylic acids is 3. The zero-order chi connectivity index (χ0) is 18.4. The molecule has 3 amide bonds. The van der Waals surface area contributed by atoms with Crippen molar-refractivity contribution in [3.05, 3.63) is 35.4 Å². The summed E-state index contributed by atoms with van der Waals surface area (Å²) in [5.41, 5.74) is 3.06. The summed E-state index contributed by atoms with van der Waals surface area (Å²) in [7, 11) is 0. The molecule has 2 aliphatic heterocycles. The van der Waals surface area contributed by atoms with E-state index in [1.807, 2.05) is 38.1 Å². The van der Waals surface area contributed by atoms with Gasteiger partial charge in [0.25, 0.3) is 5.91 Å². The molecule has 2 N–H and O–H groups in total. The number of rotatable bonds is 3. The minimum absolute atomic E-state index is 0.0414. The second-order valence-corrected chi connectivity index (χ2v) is 7.11. The molecule has 0 bridgehead atoms. The molecule has 0 saturated carbocycles. The Morgan fingerprint density at radius 1 is 1.28 bits per heavy atom. The van der Waals surface area contributed by atoms with E-state index < -0.39 is 23.4 Å². The van der Waals surface area contributed by atoms with Gasteiger partial charge in [0.15, 0.2) is 0 Å². The van der Waals surface area contributed by atoms with E-state index in [-0.39, 0.29) is 11.8 Å². The number of aryl methyl sites for hydroxylation is 1. The van der Waals surface area contributed by atoms with Gasteiger partial charge >= 0.3 is 0 Å². The van der Waals surface area contributed by atoms with Crippen molar-refractivity contribution in [3.8, 4) is 0 Å². The Morgan fingerprint density at radius 2 is 1.92 bits per heavy atom. The Morgan fingerprint density at radius 3 is 2.48 bits per heavy atom. The first-order valence-electron chi connectivity index (χ1n) is 8.39. The zero-order valence-corrected chi connectivity index (χ0v) is 14.7. The fourth-order valence-corrected chi connectivity index (χ4v) is 3.84. The fraction of sp³-hybridized carbons (Fsp3) is 0.500. The highest BCUT2D eigenvalue weighted by Crippen LogP contribution is 2.39. The summed E-state index contributed by atoms with van der Waals surface area (Å²) in [5.74, 6) is -0.957. The second kappa shape index (κ2) is 6.15. The standard InChI is InChI=1S/C18H23N3O4/c1-11-4-6-13(7-5-11)18(3)8-9-20(17(18)24)14-10-21(12(2)22)15(14)16(23)19-25/h4-7,14-15,25H,8-10H2,1-3H3,(H,19,23). The van der Waals surface area contributed by atoms with Crippen LogP contribution in [0.25, 0.3) is 0 Å². The van der Waals surface area contributed by atoms with Gasteiger partial charge in [0.2, 0.25) is 11.8 Å². The van der Waals surface area contributed by atoms with Crippen LogP contribution in [-0.2, 0) is 19.8 Å². The quantitative estimate of drug-likeness (QED) is 0.620. The molecule has 3 atom stereocenters. The van der Waals surface area contributed by atoms with Gasteiger partial charge in [-0.25, -0.2) is 5.48 Å². The van der Waals surface area contributed by atoms with Crippen molar-refractivity contribution in [1.29, 1.82) is 0 Å². The summed E-state index contributed by atoms with van der Waals surface area (Å²) in [6.45, 7) is 6.12. The third kappa shape index (κ3) is 2.68. The Kier molecular flexibility index (Phi) is 4.28. The number of nitrogens with one attached hydrogen (secondary N) is 1. The third-order valence-corrected chi connectivity index (χ3v) is 5.54. The predicted octanol–water partition coefficient (Wildman–Crippen LogP) is 0.590. The van der Waals surface area contributed by atoms with E-state index in [0.29, 0.717) is 19.5 Å². The van der Waals surface area contributed by atoms with E-state index in [9.17, 15) is 14.4 Å². The van der Waals surface area contributed by atoms with Crippen LogP contribution in [0.5, 0.6) is 0 Å². The molecule has 2 fully saturated rings. The summed E-state index contributed by atoms with van der Waals surface area (Å²) in [6.07, 6.45) is 0.652. The number of hydrogen-bond donors (Lipinski definition) is 2. The average Bonchev–Trinajstić information content (AvgIpc) is 2.84. The fourth-order valence-electron chi connectivity index (χ4n) is 3.84. The van der Waals surface area contributed by atoms with Crippen LogP contribution >= 0.6 is 0 Å². The molecule has 0 spiro atoms. The minimum atomic E-state index is -0.841. The third-order valence-electron chi connectivity index (χ3n) is 5.54. The Hall–Kier alpha value is -2.41. The van der Waals surface area contributed by atoms with Gasteiger partial charge in [0, 0.05) is 20.0 Å². The topological polar surface area (TPSA) is 90.0 Å². The minimum Gasteiger partial charge on any atom is -0.334 e.